The first kappa shape index (κ1) is 16.5. The van der Waals surface area contributed by atoms with E-state index in [0.29, 0.717) is 11.6 Å². The van der Waals surface area contributed by atoms with Gasteiger partial charge in [0.1, 0.15) is 0 Å². The number of hydrogen-bond donors (Lipinski definition) is 0. The molecule has 0 saturated heterocycles. The molecule has 0 saturated carbocycles. The van der Waals surface area contributed by atoms with Gasteiger partial charge in [0, 0.05) is 12.1 Å². The lowest BCUT2D eigenvalue weighted by molar-refractivity contribution is -0.384. The van der Waals surface area contributed by atoms with Crippen LogP contribution in [0.15, 0.2) is 58.7 Å². The van der Waals surface area contributed by atoms with Crippen molar-refractivity contribution in [2.75, 3.05) is 0 Å². The van der Waals surface area contributed by atoms with Gasteiger partial charge in [0.25, 0.3) is 5.69 Å². The zero-order chi connectivity index (χ0) is 16.8. The first-order valence-electron chi connectivity index (χ1n) is 7.40. The molecule has 0 aliphatic rings. The Morgan fingerprint density at radius 1 is 1.09 bits per heavy atom. The Hall–Kier alpha value is -2.82. The zero-order valence-electron chi connectivity index (χ0n) is 13.4. The molecule has 0 spiro atoms. The van der Waals surface area contributed by atoms with E-state index < -0.39 is 4.92 Å². The highest BCUT2D eigenvalue weighted by atomic mass is 16.6. The molecule has 0 fully saturated rings. The molecule has 0 radical (unpaired) electrons. The molecule has 0 aliphatic carbocycles. The van der Waals surface area contributed by atoms with Gasteiger partial charge in [-0.3, -0.25) is 10.1 Å². The lowest BCUT2D eigenvalue weighted by Gasteiger charge is -2.04. The van der Waals surface area contributed by atoms with E-state index in [9.17, 15) is 10.1 Å². The topological polar surface area (TPSA) is 67.9 Å². The summed E-state index contributed by atoms with van der Waals surface area (Å²) in [6.07, 6.45) is 1.69. The van der Waals surface area contributed by atoms with Crippen LogP contribution in [-0.2, 0) is 0 Å². The van der Waals surface area contributed by atoms with Crippen molar-refractivity contribution >= 4 is 17.6 Å². The Morgan fingerprint density at radius 2 is 1.70 bits per heavy atom. The highest BCUT2D eigenvalue weighted by Crippen LogP contribution is 2.14. The summed E-state index contributed by atoms with van der Waals surface area (Å²) >= 11 is 0. The van der Waals surface area contributed by atoms with Crippen LogP contribution < -0.4 is 0 Å². The van der Waals surface area contributed by atoms with Gasteiger partial charge in [0.2, 0.25) is 0 Å². The lowest BCUT2D eigenvalue weighted by Crippen LogP contribution is -1.95. The van der Waals surface area contributed by atoms with Crippen LogP contribution in [0.25, 0.3) is 0 Å². The third-order valence-electron chi connectivity index (χ3n) is 3.51. The predicted molar refractivity (Wildman–Crippen MR) is 93.4 cm³/mol. The SMILES string of the molecule is C/C(=N\N=C\c1ccc(C(C)C)cc1)c1ccc([N+](=O)[O-])cc1. The molecule has 5 nitrogen and oxygen atoms in total. The number of rotatable bonds is 5. The van der Waals surface area contributed by atoms with Crippen LogP contribution in [0, 0.1) is 10.1 Å². The van der Waals surface area contributed by atoms with Gasteiger partial charge in [-0.1, -0.05) is 38.1 Å². The van der Waals surface area contributed by atoms with Gasteiger partial charge >= 0.3 is 0 Å². The molecule has 0 aromatic heterocycles. The maximum Gasteiger partial charge on any atom is 0.269 e. The van der Waals surface area contributed by atoms with E-state index in [1.54, 1.807) is 18.3 Å². The number of benzene rings is 2. The van der Waals surface area contributed by atoms with Crippen LogP contribution in [0.1, 0.15) is 43.4 Å². The third-order valence-corrected chi connectivity index (χ3v) is 3.51. The van der Waals surface area contributed by atoms with Gasteiger partial charge in [-0.25, -0.2) is 0 Å². The molecular weight excluding hydrogens is 290 g/mol. The van der Waals surface area contributed by atoms with E-state index in [0.717, 1.165) is 11.1 Å². The molecule has 2 aromatic rings. The van der Waals surface area contributed by atoms with Crippen LogP contribution in [0.5, 0.6) is 0 Å². The second kappa shape index (κ2) is 7.45. The van der Waals surface area contributed by atoms with Crippen LogP contribution >= 0.6 is 0 Å². The van der Waals surface area contributed by atoms with Gasteiger partial charge in [-0.15, -0.1) is 0 Å². The fourth-order valence-electron chi connectivity index (χ4n) is 2.03. The Labute approximate surface area is 135 Å². The predicted octanol–water partition coefficient (Wildman–Crippen LogP) is 4.56. The van der Waals surface area contributed by atoms with Crippen molar-refractivity contribution in [1.29, 1.82) is 0 Å². The van der Waals surface area contributed by atoms with E-state index >= 15 is 0 Å². The average Bonchev–Trinajstić information content (AvgIpc) is 2.55. The molecule has 0 bridgehead atoms. The Bertz CT molecular complexity index is 730. The molecule has 0 N–H and O–H groups in total. The van der Waals surface area contributed by atoms with Crippen LogP contribution in [0.3, 0.4) is 0 Å². The molecule has 0 unspecified atom stereocenters. The zero-order valence-corrected chi connectivity index (χ0v) is 13.4. The molecule has 2 rings (SSSR count). The summed E-state index contributed by atoms with van der Waals surface area (Å²) in [5.74, 6) is 0.503. The summed E-state index contributed by atoms with van der Waals surface area (Å²) in [7, 11) is 0. The van der Waals surface area contributed by atoms with Gasteiger partial charge < -0.3 is 0 Å². The number of hydrogen-bond acceptors (Lipinski definition) is 4. The minimum atomic E-state index is -0.421. The largest absolute Gasteiger partial charge is 0.269 e. The fourth-order valence-corrected chi connectivity index (χ4v) is 2.03. The van der Waals surface area contributed by atoms with Crippen LogP contribution in [0.2, 0.25) is 0 Å². The average molecular weight is 309 g/mol. The van der Waals surface area contributed by atoms with E-state index in [-0.39, 0.29) is 5.69 Å². The van der Waals surface area contributed by atoms with Gasteiger partial charge in [0.15, 0.2) is 0 Å². The van der Waals surface area contributed by atoms with Gasteiger partial charge in [-0.05, 0) is 41.7 Å². The van der Waals surface area contributed by atoms with Gasteiger partial charge in [-0.2, -0.15) is 10.2 Å². The van der Waals surface area contributed by atoms with Crippen molar-refractivity contribution < 1.29 is 4.92 Å². The maximum absolute atomic E-state index is 10.6. The molecule has 0 aliphatic heterocycles. The summed E-state index contributed by atoms with van der Waals surface area (Å²) in [5.41, 5.74) is 3.84. The van der Waals surface area contributed by atoms with E-state index in [2.05, 4.69) is 36.2 Å². The summed E-state index contributed by atoms with van der Waals surface area (Å²) in [6.45, 7) is 6.13. The normalized spacial score (nSPS) is 12.1. The van der Waals surface area contributed by atoms with Crippen LogP contribution in [-0.4, -0.2) is 16.8 Å². The number of nitro groups is 1. The molecule has 0 atom stereocenters. The first-order chi connectivity index (χ1) is 11.0. The second-order valence-electron chi connectivity index (χ2n) is 5.56. The highest BCUT2D eigenvalue weighted by Gasteiger charge is 2.05. The van der Waals surface area contributed by atoms with Crippen molar-refractivity contribution in [1.82, 2.24) is 0 Å². The highest BCUT2D eigenvalue weighted by molar-refractivity contribution is 5.99. The molecule has 2 aromatic carbocycles. The van der Waals surface area contributed by atoms with Crippen LogP contribution in [0.4, 0.5) is 5.69 Å². The van der Waals surface area contributed by atoms with Crippen molar-refractivity contribution in [3.05, 3.63) is 75.3 Å². The maximum atomic E-state index is 10.6. The molecular formula is C18H19N3O2. The van der Waals surface area contributed by atoms with Gasteiger partial charge in [0.05, 0.1) is 16.8 Å². The Balaban J connectivity index is 2.07. The summed E-state index contributed by atoms with van der Waals surface area (Å²) in [5, 5.41) is 18.8. The Morgan fingerprint density at radius 3 is 2.22 bits per heavy atom. The molecule has 118 valence electrons. The molecule has 0 heterocycles. The standard InChI is InChI=1S/C18H19N3O2/c1-13(2)16-6-4-15(5-7-16)12-19-20-14(3)17-8-10-18(11-9-17)21(22)23/h4-13H,1-3H3/b19-12+,20-14+. The van der Waals surface area contributed by atoms with Crippen molar-refractivity contribution in [3.63, 3.8) is 0 Å². The van der Waals surface area contributed by atoms with E-state index in [1.165, 1.54) is 17.7 Å². The number of nitro benzene ring substituents is 1. The quantitative estimate of drug-likeness (QED) is 0.461. The number of nitrogens with zero attached hydrogens (tertiary/aromatic N) is 3. The minimum absolute atomic E-state index is 0.0651. The minimum Gasteiger partial charge on any atom is -0.258 e. The van der Waals surface area contributed by atoms with E-state index in [4.69, 9.17) is 0 Å². The molecule has 23 heavy (non-hydrogen) atoms. The lowest BCUT2D eigenvalue weighted by atomic mass is 10.0. The number of non-ortho nitro benzene ring substituents is 1. The summed E-state index contributed by atoms with van der Waals surface area (Å²) in [4.78, 5) is 10.2. The Kier molecular flexibility index (Phi) is 5.36. The fraction of sp³-hybridized carbons (Fsp3) is 0.222. The summed E-state index contributed by atoms with van der Waals surface area (Å²) in [6, 6.07) is 14.4. The molecule has 0 amide bonds. The molecule has 5 heteroatoms. The van der Waals surface area contributed by atoms with Crippen molar-refractivity contribution in [2.24, 2.45) is 10.2 Å². The smallest absolute Gasteiger partial charge is 0.258 e. The first-order valence-corrected chi connectivity index (χ1v) is 7.40. The van der Waals surface area contributed by atoms with E-state index in [1.807, 2.05) is 19.1 Å². The second-order valence-corrected chi connectivity index (χ2v) is 5.56. The monoisotopic (exact) mass is 309 g/mol. The third kappa shape index (κ3) is 4.57. The van der Waals surface area contributed by atoms with Crippen molar-refractivity contribution in [3.8, 4) is 0 Å². The van der Waals surface area contributed by atoms with Crippen molar-refractivity contribution in [2.45, 2.75) is 26.7 Å². The summed E-state index contributed by atoms with van der Waals surface area (Å²) < 4.78 is 0.